The monoisotopic (exact) mass is 382 g/mol. The lowest BCUT2D eigenvalue weighted by Gasteiger charge is -2.07. The van der Waals surface area contributed by atoms with E-state index in [0.717, 1.165) is 5.56 Å². The van der Waals surface area contributed by atoms with Crippen molar-refractivity contribution in [1.29, 1.82) is 0 Å². The third kappa shape index (κ3) is 3.29. The molecule has 4 aromatic rings. The molecule has 0 aliphatic heterocycles. The summed E-state index contributed by atoms with van der Waals surface area (Å²) in [5.74, 6) is 0.174. The van der Waals surface area contributed by atoms with Gasteiger partial charge in [-0.25, -0.2) is 4.98 Å². The van der Waals surface area contributed by atoms with Crippen LogP contribution in [0, 0.1) is 0 Å². The number of hydrogen-bond acceptors (Lipinski definition) is 3. The molecule has 128 valence electrons. The minimum atomic E-state index is -0.280. The fourth-order valence-electron chi connectivity index (χ4n) is 2.60. The van der Waals surface area contributed by atoms with Gasteiger partial charge < -0.3 is 9.73 Å². The van der Waals surface area contributed by atoms with E-state index < -0.39 is 0 Å². The number of fused-ring (bicyclic) bond motifs is 1. The summed E-state index contributed by atoms with van der Waals surface area (Å²) in [4.78, 5) is 16.9. The number of carbonyl (C=O) groups excluding carboxylic acids is 1. The minimum Gasteiger partial charge on any atom is -0.436 e. The quantitative estimate of drug-likeness (QED) is 0.468. The molecule has 4 rings (SSSR count). The molecule has 1 aromatic heterocycles. The summed E-state index contributed by atoms with van der Waals surface area (Å²) >= 11 is 12.1. The van der Waals surface area contributed by atoms with Crippen molar-refractivity contribution in [3.05, 3.63) is 82.3 Å². The van der Waals surface area contributed by atoms with Gasteiger partial charge in [0.1, 0.15) is 5.52 Å². The van der Waals surface area contributed by atoms with Crippen molar-refractivity contribution in [2.24, 2.45) is 0 Å². The van der Waals surface area contributed by atoms with Gasteiger partial charge in [0, 0.05) is 16.3 Å². The molecule has 26 heavy (non-hydrogen) atoms. The molecule has 6 heteroatoms. The molecule has 1 N–H and O–H groups in total. The number of anilines is 1. The molecule has 0 fully saturated rings. The Morgan fingerprint density at radius 3 is 2.65 bits per heavy atom. The molecule has 0 spiro atoms. The van der Waals surface area contributed by atoms with Gasteiger partial charge in [0.05, 0.1) is 10.6 Å². The predicted molar refractivity (Wildman–Crippen MR) is 104 cm³/mol. The first-order valence-electron chi connectivity index (χ1n) is 7.82. The number of carbonyl (C=O) groups is 1. The Hall–Kier alpha value is -2.82. The normalized spacial score (nSPS) is 10.8. The van der Waals surface area contributed by atoms with Crippen molar-refractivity contribution in [3.63, 3.8) is 0 Å². The van der Waals surface area contributed by atoms with E-state index in [9.17, 15) is 4.79 Å². The van der Waals surface area contributed by atoms with Crippen LogP contribution >= 0.6 is 23.2 Å². The molecule has 0 atom stereocenters. The average Bonchev–Trinajstić information content (AvgIpc) is 3.05. The van der Waals surface area contributed by atoms with Crippen molar-refractivity contribution in [2.75, 3.05) is 5.32 Å². The molecule has 0 saturated carbocycles. The van der Waals surface area contributed by atoms with Crippen molar-refractivity contribution in [3.8, 4) is 11.5 Å². The molecule has 0 unspecified atom stereocenters. The van der Waals surface area contributed by atoms with Crippen LogP contribution in [0.2, 0.25) is 10.0 Å². The second kappa shape index (κ2) is 6.83. The summed E-state index contributed by atoms with van der Waals surface area (Å²) in [5, 5.41) is 3.83. The zero-order valence-electron chi connectivity index (χ0n) is 13.4. The standard InChI is InChI=1S/C20H12Cl2N2O2/c21-13-8-9-18-17(11-13)24-20(26-18)12-4-3-5-14(10-12)23-19(25)15-6-1-2-7-16(15)22/h1-11H,(H,23,25). The highest BCUT2D eigenvalue weighted by Crippen LogP contribution is 2.28. The van der Waals surface area contributed by atoms with Crippen molar-refractivity contribution < 1.29 is 9.21 Å². The van der Waals surface area contributed by atoms with E-state index in [-0.39, 0.29) is 5.91 Å². The van der Waals surface area contributed by atoms with Gasteiger partial charge in [0.15, 0.2) is 5.58 Å². The first-order valence-corrected chi connectivity index (χ1v) is 8.58. The van der Waals surface area contributed by atoms with Gasteiger partial charge in [0.25, 0.3) is 5.91 Å². The highest BCUT2D eigenvalue weighted by Gasteiger charge is 2.12. The van der Waals surface area contributed by atoms with E-state index in [4.69, 9.17) is 27.6 Å². The second-order valence-corrected chi connectivity index (χ2v) is 6.49. The first-order chi connectivity index (χ1) is 12.6. The summed E-state index contributed by atoms with van der Waals surface area (Å²) in [5.41, 5.74) is 3.10. The van der Waals surface area contributed by atoms with Gasteiger partial charge in [-0.3, -0.25) is 4.79 Å². The Balaban J connectivity index is 1.64. The number of halogens is 2. The molecule has 3 aromatic carbocycles. The molecule has 1 amide bonds. The Kier molecular flexibility index (Phi) is 4.37. The molecule has 0 saturated heterocycles. The minimum absolute atomic E-state index is 0.280. The van der Waals surface area contributed by atoms with E-state index in [1.54, 1.807) is 54.6 Å². The fraction of sp³-hybridized carbons (Fsp3) is 0. The molecule has 1 heterocycles. The van der Waals surface area contributed by atoms with Crippen molar-refractivity contribution in [1.82, 2.24) is 4.98 Å². The third-order valence-electron chi connectivity index (χ3n) is 3.84. The number of benzene rings is 3. The number of aromatic nitrogens is 1. The van der Waals surface area contributed by atoms with Gasteiger partial charge >= 0.3 is 0 Å². The number of hydrogen-bond donors (Lipinski definition) is 1. The molecular weight excluding hydrogens is 371 g/mol. The van der Waals surface area contributed by atoms with Crippen LogP contribution in [-0.2, 0) is 0 Å². The van der Waals surface area contributed by atoms with E-state index in [2.05, 4.69) is 10.3 Å². The van der Waals surface area contributed by atoms with E-state index in [1.807, 2.05) is 12.1 Å². The largest absolute Gasteiger partial charge is 0.436 e. The van der Waals surface area contributed by atoms with Crippen LogP contribution in [0.5, 0.6) is 0 Å². The van der Waals surface area contributed by atoms with Crippen LogP contribution < -0.4 is 5.32 Å². The highest BCUT2D eigenvalue weighted by atomic mass is 35.5. The Bertz CT molecular complexity index is 1120. The molecule has 0 aliphatic carbocycles. The number of nitrogens with zero attached hydrogens (tertiary/aromatic N) is 1. The molecule has 4 nitrogen and oxygen atoms in total. The van der Waals surface area contributed by atoms with E-state index in [1.165, 1.54) is 0 Å². The number of amides is 1. The smallest absolute Gasteiger partial charge is 0.257 e. The summed E-state index contributed by atoms with van der Waals surface area (Å²) in [7, 11) is 0. The maximum absolute atomic E-state index is 12.4. The average molecular weight is 383 g/mol. The fourth-order valence-corrected chi connectivity index (χ4v) is 2.99. The lowest BCUT2D eigenvalue weighted by atomic mass is 10.1. The van der Waals surface area contributed by atoms with Crippen LogP contribution in [0.4, 0.5) is 5.69 Å². The Morgan fingerprint density at radius 2 is 1.81 bits per heavy atom. The zero-order chi connectivity index (χ0) is 18.1. The number of rotatable bonds is 3. The van der Waals surface area contributed by atoms with Crippen molar-refractivity contribution >= 4 is 45.9 Å². The lowest BCUT2D eigenvalue weighted by molar-refractivity contribution is 0.102. The van der Waals surface area contributed by atoms with Gasteiger partial charge in [-0.05, 0) is 48.5 Å². The molecule has 0 bridgehead atoms. The number of nitrogens with one attached hydrogen (secondary N) is 1. The Morgan fingerprint density at radius 1 is 0.962 bits per heavy atom. The van der Waals surface area contributed by atoms with E-state index >= 15 is 0 Å². The zero-order valence-corrected chi connectivity index (χ0v) is 14.9. The summed E-state index contributed by atoms with van der Waals surface area (Å²) in [6.45, 7) is 0. The second-order valence-electron chi connectivity index (χ2n) is 5.65. The van der Waals surface area contributed by atoms with Gasteiger partial charge in [-0.15, -0.1) is 0 Å². The summed E-state index contributed by atoms with van der Waals surface area (Å²) < 4.78 is 5.77. The topological polar surface area (TPSA) is 55.1 Å². The van der Waals surface area contributed by atoms with Crippen LogP contribution in [0.1, 0.15) is 10.4 Å². The molecule has 0 radical (unpaired) electrons. The van der Waals surface area contributed by atoms with Crippen molar-refractivity contribution in [2.45, 2.75) is 0 Å². The van der Waals surface area contributed by atoms with Crippen LogP contribution in [0.3, 0.4) is 0 Å². The number of oxazole rings is 1. The van der Waals surface area contributed by atoms with Crippen LogP contribution in [0.25, 0.3) is 22.6 Å². The maximum atomic E-state index is 12.4. The third-order valence-corrected chi connectivity index (χ3v) is 4.40. The van der Waals surface area contributed by atoms with Gasteiger partial charge in [-0.2, -0.15) is 0 Å². The van der Waals surface area contributed by atoms with E-state index in [0.29, 0.717) is 38.3 Å². The lowest BCUT2D eigenvalue weighted by Crippen LogP contribution is -2.12. The van der Waals surface area contributed by atoms with Gasteiger partial charge in [0.2, 0.25) is 5.89 Å². The predicted octanol–water partition coefficient (Wildman–Crippen LogP) is 6.05. The first kappa shape index (κ1) is 16.6. The Labute approximate surface area is 159 Å². The molecule has 0 aliphatic rings. The van der Waals surface area contributed by atoms with Crippen LogP contribution in [0.15, 0.2) is 71.1 Å². The van der Waals surface area contributed by atoms with Gasteiger partial charge in [-0.1, -0.05) is 41.4 Å². The molecular formula is C20H12Cl2N2O2. The SMILES string of the molecule is O=C(Nc1cccc(-c2nc3cc(Cl)ccc3o2)c1)c1ccccc1Cl. The summed E-state index contributed by atoms with van der Waals surface area (Å²) in [6.07, 6.45) is 0. The maximum Gasteiger partial charge on any atom is 0.257 e. The summed E-state index contributed by atoms with van der Waals surface area (Å²) in [6, 6.07) is 19.4. The van der Waals surface area contributed by atoms with Crippen LogP contribution in [-0.4, -0.2) is 10.9 Å². The highest BCUT2D eigenvalue weighted by molar-refractivity contribution is 6.34.